The first-order chi connectivity index (χ1) is 8.97. The van der Waals surface area contributed by atoms with Crippen molar-refractivity contribution < 1.29 is 8.42 Å². The summed E-state index contributed by atoms with van der Waals surface area (Å²) in [4.78, 5) is 1.48. The summed E-state index contributed by atoms with van der Waals surface area (Å²) in [6.07, 6.45) is 0.821. The molecule has 4 nitrogen and oxygen atoms in total. The number of nitrogens with zero attached hydrogens (tertiary/aromatic N) is 1. The van der Waals surface area contributed by atoms with E-state index >= 15 is 0 Å². The number of rotatable bonds is 8. The van der Waals surface area contributed by atoms with Gasteiger partial charge in [0.05, 0.1) is 4.90 Å². The fourth-order valence-corrected chi connectivity index (χ4v) is 4.84. The van der Waals surface area contributed by atoms with Gasteiger partial charge in [-0.15, -0.1) is 11.3 Å². The lowest BCUT2D eigenvalue weighted by Crippen LogP contribution is -2.37. The molecule has 0 radical (unpaired) electrons. The van der Waals surface area contributed by atoms with Gasteiger partial charge in [-0.25, -0.2) is 8.42 Å². The number of thiophene rings is 1. The molecule has 0 amide bonds. The summed E-state index contributed by atoms with van der Waals surface area (Å²) in [7, 11) is -3.35. The van der Waals surface area contributed by atoms with Gasteiger partial charge < -0.3 is 5.32 Å². The number of hydrogen-bond donors (Lipinski definition) is 1. The van der Waals surface area contributed by atoms with Gasteiger partial charge >= 0.3 is 0 Å². The van der Waals surface area contributed by atoms with Crippen LogP contribution in [0.3, 0.4) is 0 Å². The fraction of sp³-hybridized carbons (Fsp3) is 0.692. The molecule has 1 N–H and O–H groups in total. The third-order valence-electron chi connectivity index (χ3n) is 3.18. The van der Waals surface area contributed by atoms with Crippen LogP contribution in [-0.2, 0) is 16.6 Å². The van der Waals surface area contributed by atoms with Crippen LogP contribution in [-0.4, -0.2) is 31.9 Å². The minimum absolute atomic E-state index is 0.0344. The quantitative estimate of drug-likeness (QED) is 0.803. The zero-order valence-electron chi connectivity index (χ0n) is 12.1. The first-order valence-electron chi connectivity index (χ1n) is 6.77. The molecule has 1 unspecified atom stereocenters. The fourth-order valence-electron chi connectivity index (χ4n) is 1.89. The molecule has 0 aliphatic rings. The predicted octanol–water partition coefficient (Wildman–Crippen LogP) is 2.67. The van der Waals surface area contributed by atoms with Crippen molar-refractivity contribution in [1.29, 1.82) is 0 Å². The highest BCUT2D eigenvalue weighted by molar-refractivity contribution is 7.89. The van der Waals surface area contributed by atoms with Gasteiger partial charge in [0.25, 0.3) is 0 Å². The van der Waals surface area contributed by atoms with E-state index in [0.717, 1.165) is 24.4 Å². The third kappa shape index (κ3) is 4.02. The van der Waals surface area contributed by atoms with Gasteiger partial charge in [-0.3, -0.25) is 0 Å². The monoisotopic (exact) mass is 304 g/mol. The van der Waals surface area contributed by atoms with Crippen LogP contribution < -0.4 is 5.32 Å². The van der Waals surface area contributed by atoms with Gasteiger partial charge in [0.15, 0.2) is 0 Å². The molecule has 0 saturated carbocycles. The van der Waals surface area contributed by atoms with Crippen LogP contribution in [0.5, 0.6) is 0 Å². The van der Waals surface area contributed by atoms with E-state index < -0.39 is 10.0 Å². The Morgan fingerprint density at radius 3 is 2.58 bits per heavy atom. The molecular weight excluding hydrogens is 280 g/mol. The Morgan fingerprint density at radius 2 is 2.05 bits per heavy atom. The molecule has 0 aliphatic heterocycles. The van der Waals surface area contributed by atoms with Gasteiger partial charge in [0.1, 0.15) is 0 Å². The molecule has 0 bridgehead atoms. The van der Waals surface area contributed by atoms with Gasteiger partial charge in [0, 0.05) is 29.4 Å². The maximum absolute atomic E-state index is 12.6. The van der Waals surface area contributed by atoms with E-state index in [1.54, 1.807) is 15.8 Å². The molecule has 110 valence electrons. The van der Waals surface area contributed by atoms with Crippen molar-refractivity contribution in [1.82, 2.24) is 9.62 Å². The smallest absolute Gasteiger partial charge is 0.244 e. The maximum Gasteiger partial charge on any atom is 0.244 e. The van der Waals surface area contributed by atoms with Crippen LogP contribution in [0.4, 0.5) is 0 Å². The predicted molar refractivity (Wildman–Crippen MR) is 81.0 cm³/mol. The Labute approximate surface area is 120 Å². The molecule has 1 heterocycles. The van der Waals surface area contributed by atoms with Crippen LogP contribution in [0.2, 0.25) is 0 Å². The van der Waals surface area contributed by atoms with Gasteiger partial charge in [0.2, 0.25) is 10.0 Å². The van der Waals surface area contributed by atoms with Crippen molar-refractivity contribution in [2.24, 2.45) is 0 Å². The van der Waals surface area contributed by atoms with Crippen LogP contribution in [0, 0.1) is 0 Å². The van der Waals surface area contributed by atoms with Gasteiger partial charge in [-0.1, -0.05) is 20.8 Å². The van der Waals surface area contributed by atoms with Crippen LogP contribution in [0.25, 0.3) is 0 Å². The van der Waals surface area contributed by atoms with E-state index in [2.05, 4.69) is 5.32 Å². The van der Waals surface area contributed by atoms with Crippen molar-refractivity contribution in [2.75, 3.05) is 13.1 Å². The summed E-state index contributed by atoms with van der Waals surface area (Å²) >= 11 is 1.50. The molecule has 0 fully saturated rings. The lowest BCUT2D eigenvalue weighted by molar-refractivity contribution is 0.342. The Kier molecular flexibility index (Phi) is 6.46. The Balaban J connectivity index is 2.95. The van der Waals surface area contributed by atoms with E-state index in [1.165, 1.54) is 11.3 Å². The average molecular weight is 304 g/mol. The molecule has 19 heavy (non-hydrogen) atoms. The zero-order valence-corrected chi connectivity index (χ0v) is 13.8. The molecule has 0 aromatic carbocycles. The summed E-state index contributed by atoms with van der Waals surface area (Å²) in [6, 6.07) is 1.82. The van der Waals surface area contributed by atoms with Gasteiger partial charge in [-0.2, -0.15) is 4.31 Å². The molecule has 1 aromatic rings. The summed E-state index contributed by atoms with van der Waals surface area (Å²) in [5.74, 6) is 0. The molecule has 6 heteroatoms. The van der Waals surface area contributed by atoms with Gasteiger partial charge in [-0.05, 0) is 26.0 Å². The average Bonchev–Trinajstić information content (AvgIpc) is 2.86. The van der Waals surface area contributed by atoms with E-state index in [4.69, 9.17) is 0 Å². The van der Waals surface area contributed by atoms with Crippen LogP contribution >= 0.6 is 11.3 Å². The standard InChI is InChI=1S/C13H24N2O2S2/c1-5-11(4)15(7-3)19(16,17)13-8-12(18-10-13)9-14-6-2/h8,10-11,14H,5-7,9H2,1-4H3. The second-order valence-corrected chi connectivity index (χ2v) is 7.38. The number of nitrogens with one attached hydrogen (secondary N) is 1. The molecule has 1 rings (SSSR count). The largest absolute Gasteiger partial charge is 0.312 e. The van der Waals surface area contributed by atoms with Crippen molar-refractivity contribution in [2.45, 2.75) is 51.6 Å². The first kappa shape index (κ1) is 16.6. The lowest BCUT2D eigenvalue weighted by atomic mass is 10.3. The van der Waals surface area contributed by atoms with E-state index in [1.807, 2.05) is 27.7 Å². The SMILES string of the molecule is CCNCc1cc(S(=O)(=O)N(CC)C(C)CC)cs1. The topological polar surface area (TPSA) is 49.4 Å². The zero-order chi connectivity index (χ0) is 14.5. The second kappa shape index (κ2) is 7.38. The summed E-state index contributed by atoms with van der Waals surface area (Å²) < 4.78 is 26.7. The van der Waals surface area contributed by atoms with Crippen molar-refractivity contribution in [3.63, 3.8) is 0 Å². The molecule has 1 atom stereocenters. The normalized spacial score (nSPS) is 13.9. The number of hydrogen-bond acceptors (Lipinski definition) is 4. The Hall–Kier alpha value is -0.430. The highest BCUT2D eigenvalue weighted by Crippen LogP contribution is 2.24. The molecule has 0 spiro atoms. The van der Waals surface area contributed by atoms with Crippen LogP contribution in [0.1, 0.15) is 39.0 Å². The summed E-state index contributed by atoms with van der Waals surface area (Å²) in [5.41, 5.74) is 0. The summed E-state index contributed by atoms with van der Waals surface area (Å²) in [5, 5.41) is 4.95. The maximum atomic E-state index is 12.6. The van der Waals surface area contributed by atoms with E-state index in [0.29, 0.717) is 11.4 Å². The highest BCUT2D eigenvalue weighted by atomic mass is 32.2. The van der Waals surface area contributed by atoms with E-state index in [9.17, 15) is 8.42 Å². The van der Waals surface area contributed by atoms with Crippen molar-refractivity contribution in [3.8, 4) is 0 Å². The lowest BCUT2D eigenvalue weighted by Gasteiger charge is -2.25. The third-order valence-corrected chi connectivity index (χ3v) is 6.33. The van der Waals surface area contributed by atoms with Crippen LogP contribution in [0.15, 0.2) is 16.3 Å². The molecule has 0 aliphatic carbocycles. The highest BCUT2D eigenvalue weighted by Gasteiger charge is 2.27. The second-order valence-electron chi connectivity index (χ2n) is 4.49. The van der Waals surface area contributed by atoms with E-state index in [-0.39, 0.29) is 6.04 Å². The minimum atomic E-state index is -3.35. The Morgan fingerprint density at radius 1 is 1.37 bits per heavy atom. The molecule has 1 aromatic heterocycles. The Bertz CT molecular complexity index is 483. The van der Waals surface area contributed by atoms with Crippen molar-refractivity contribution >= 4 is 21.4 Å². The summed E-state index contributed by atoms with van der Waals surface area (Å²) in [6.45, 7) is 10.00. The molecular formula is C13H24N2O2S2. The first-order valence-corrected chi connectivity index (χ1v) is 9.09. The minimum Gasteiger partial charge on any atom is -0.312 e. The number of sulfonamides is 1. The molecule has 0 saturated heterocycles. The van der Waals surface area contributed by atoms with Crippen molar-refractivity contribution in [3.05, 3.63) is 16.3 Å².